The average molecular weight is 634 g/mol. The summed E-state index contributed by atoms with van der Waals surface area (Å²) in [6.45, 7) is 9.02. The molecule has 12 nitrogen and oxygen atoms in total. The number of amides is 2. The van der Waals surface area contributed by atoms with Crippen LogP contribution in [0.3, 0.4) is 0 Å². The van der Waals surface area contributed by atoms with Crippen molar-refractivity contribution >= 4 is 29.2 Å². The molecule has 6 heterocycles. The van der Waals surface area contributed by atoms with E-state index in [1.807, 2.05) is 49.6 Å². The zero-order valence-electron chi connectivity index (χ0n) is 26.8. The minimum atomic E-state index is -0.484. The Labute approximate surface area is 273 Å². The molecule has 47 heavy (non-hydrogen) atoms. The largest absolute Gasteiger partial charge is 0.444 e. The Kier molecular flexibility index (Phi) is 7.88. The number of nitrogen functional groups attached to an aromatic ring is 1. The number of hydrogen-bond acceptors (Lipinski definition) is 8. The maximum Gasteiger partial charge on any atom is 0.410 e. The van der Waals surface area contributed by atoms with Gasteiger partial charge in [-0.15, -0.1) is 0 Å². The number of nitrogens with two attached hydrogens (primary N) is 1. The number of anilines is 2. The summed E-state index contributed by atoms with van der Waals surface area (Å²) in [4.78, 5) is 43.2. The van der Waals surface area contributed by atoms with Gasteiger partial charge in [-0.25, -0.2) is 19.7 Å². The van der Waals surface area contributed by atoms with Crippen molar-refractivity contribution in [3.05, 3.63) is 84.9 Å². The van der Waals surface area contributed by atoms with Crippen molar-refractivity contribution in [1.29, 1.82) is 0 Å². The molecule has 7 rings (SSSR count). The molecule has 0 aliphatic carbocycles. The van der Waals surface area contributed by atoms with E-state index in [2.05, 4.69) is 43.1 Å². The van der Waals surface area contributed by atoms with E-state index in [4.69, 9.17) is 15.5 Å². The number of nitrogens with zero attached hydrogens (tertiary/aromatic N) is 7. The quantitative estimate of drug-likeness (QED) is 0.256. The lowest BCUT2D eigenvalue weighted by molar-refractivity contribution is -0.0211. The zero-order valence-corrected chi connectivity index (χ0v) is 26.8. The van der Waals surface area contributed by atoms with E-state index in [9.17, 15) is 9.59 Å². The van der Waals surface area contributed by atoms with E-state index in [-0.39, 0.29) is 12.0 Å². The number of aromatic nitrogens is 5. The van der Waals surface area contributed by atoms with Crippen molar-refractivity contribution in [3.63, 3.8) is 0 Å². The summed E-state index contributed by atoms with van der Waals surface area (Å²) in [7, 11) is 0. The van der Waals surface area contributed by atoms with Crippen LogP contribution < -0.4 is 11.1 Å². The summed E-state index contributed by atoms with van der Waals surface area (Å²) >= 11 is 0. The van der Waals surface area contributed by atoms with E-state index in [1.165, 1.54) is 0 Å². The number of benzene rings is 1. The summed E-state index contributed by atoms with van der Waals surface area (Å²) in [5.74, 6) is 1.41. The summed E-state index contributed by atoms with van der Waals surface area (Å²) in [6, 6.07) is 17.5. The molecule has 0 saturated carbocycles. The Morgan fingerprint density at radius 2 is 1.68 bits per heavy atom. The third-order valence-corrected chi connectivity index (χ3v) is 8.84. The lowest BCUT2D eigenvalue weighted by atomic mass is 9.99. The van der Waals surface area contributed by atoms with Crippen LogP contribution in [0.5, 0.6) is 0 Å². The Hall–Kier alpha value is -5.23. The van der Waals surface area contributed by atoms with E-state index in [1.54, 1.807) is 41.6 Å². The van der Waals surface area contributed by atoms with Crippen LogP contribution >= 0.6 is 0 Å². The first-order chi connectivity index (χ1) is 22.6. The average Bonchev–Trinajstić information content (AvgIpc) is 3.66. The Bertz CT molecular complexity index is 1900. The third-order valence-electron chi connectivity index (χ3n) is 8.84. The first kappa shape index (κ1) is 30.4. The number of fused-ring (bicyclic) bond motifs is 1. The van der Waals surface area contributed by atoms with Crippen LogP contribution in [0, 0.1) is 0 Å². The molecule has 3 N–H and O–H groups in total. The summed E-state index contributed by atoms with van der Waals surface area (Å²) < 4.78 is 9.85. The van der Waals surface area contributed by atoms with Gasteiger partial charge in [0.05, 0.1) is 5.69 Å². The second kappa shape index (κ2) is 12.2. The molecule has 0 radical (unpaired) electrons. The van der Waals surface area contributed by atoms with Crippen LogP contribution in [0.2, 0.25) is 0 Å². The lowest BCUT2D eigenvalue weighted by Crippen LogP contribution is -2.62. The number of pyridine rings is 1. The van der Waals surface area contributed by atoms with Crippen LogP contribution in [0.1, 0.15) is 50.0 Å². The van der Waals surface area contributed by atoms with Gasteiger partial charge in [0.2, 0.25) is 0 Å². The number of nitrogens with one attached hydrogen (secondary N) is 1. The van der Waals surface area contributed by atoms with Crippen molar-refractivity contribution in [3.8, 4) is 22.8 Å². The number of ether oxygens (including phenoxy) is 1. The minimum Gasteiger partial charge on any atom is -0.444 e. The predicted octanol–water partition coefficient (Wildman–Crippen LogP) is 5.35. The number of carbonyl (C=O) groups excluding carboxylic acids is 2. The van der Waals surface area contributed by atoms with Crippen LogP contribution in [-0.2, 0) is 4.74 Å². The van der Waals surface area contributed by atoms with Crippen molar-refractivity contribution in [2.24, 2.45) is 0 Å². The molecule has 2 aliphatic rings. The molecule has 0 unspecified atom stereocenters. The maximum absolute atomic E-state index is 12.8. The first-order valence-electron chi connectivity index (χ1n) is 16.0. The van der Waals surface area contributed by atoms with Crippen molar-refractivity contribution in [1.82, 2.24) is 33.7 Å². The highest BCUT2D eigenvalue weighted by Gasteiger charge is 2.38. The normalized spacial score (nSPS) is 16.3. The molecule has 4 aromatic heterocycles. The molecule has 2 amide bonds. The molecule has 0 bridgehead atoms. The van der Waals surface area contributed by atoms with E-state index >= 15 is 0 Å². The zero-order chi connectivity index (χ0) is 32.7. The van der Waals surface area contributed by atoms with Gasteiger partial charge in [0.15, 0.2) is 5.82 Å². The first-order valence-corrected chi connectivity index (χ1v) is 16.0. The van der Waals surface area contributed by atoms with Gasteiger partial charge in [-0.3, -0.25) is 14.1 Å². The number of likely N-dealkylation sites (tertiary alicyclic amines) is 2. The van der Waals surface area contributed by atoms with E-state index in [0.717, 1.165) is 48.5 Å². The SMILES string of the molecule is CC(C)(C)OC(=O)N1CC(N2CCC(n3cccc3-c3nc(-c4ccc(C(=O)Nc5ccccn5)cc4)c4c(N)nccn34)CC2)C1. The standard InChI is InChI=1S/C35H39N9O3/c1-35(2,3)47-34(46)42-21-26(22-42)41-18-13-25(14-19-41)43-17-6-7-27(43)32-40-29(30-31(36)38-16-20-44(30)32)23-9-11-24(12-10-23)33(45)39-28-8-4-5-15-37-28/h4-12,15-17,20,25-26H,13-14,18-19,21-22H2,1-3H3,(H2,36,38)(H,37,39,45). The van der Waals surface area contributed by atoms with E-state index < -0.39 is 5.60 Å². The molecule has 12 heteroatoms. The third kappa shape index (κ3) is 6.16. The van der Waals surface area contributed by atoms with Gasteiger partial charge in [-0.05, 0) is 70.0 Å². The molecule has 0 spiro atoms. The highest BCUT2D eigenvalue weighted by Crippen LogP contribution is 2.35. The fourth-order valence-corrected chi connectivity index (χ4v) is 6.44. The summed E-state index contributed by atoms with van der Waals surface area (Å²) in [6.07, 6.45) is 9.09. The molecule has 5 aromatic rings. The molecular formula is C35H39N9O3. The van der Waals surface area contributed by atoms with Crippen LogP contribution in [-0.4, -0.2) is 83.5 Å². The monoisotopic (exact) mass is 633 g/mol. The number of rotatable bonds is 6. The molecule has 1 aromatic carbocycles. The van der Waals surface area contributed by atoms with Crippen molar-refractivity contribution in [2.45, 2.75) is 51.3 Å². The Morgan fingerprint density at radius 3 is 2.38 bits per heavy atom. The number of piperidine rings is 1. The summed E-state index contributed by atoms with van der Waals surface area (Å²) in [5, 5.41) is 2.82. The molecule has 2 aliphatic heterocycles. The van der Waals surface area contributed by atoms with Crippen LogP contribution in [0.25, 0.3) is 28.3 Å². The maximum atomic E-state index is 12.8. The summed E-state index contributed by atoms with van der Waals surface area (Å²) in [5.41, 5.74) is 9.71. The Balaban J connectivity index is 1.08. The highest BCUT2D eigenvalue weighted by molar-refractivity contribution is 6.04. The second-order valence-electron chi connectivity index (χ2n) is 13.2. The lowest BCUT2D eigenvalue weighted by Gasteiger charge is -2.47. The minimum absolute atomic E-state index is 0.232. The van der Waals surface area contributed by atoms with Gasteiger partial charge in [0.1, 0.15) is 28.4 Å². The molecule has 0 atom stereocenters. The molecular weight excluding hydrogens is 594 g/mol. The van der Waals surface area contributed by atoms with Crippen molar-refractivity contribution in [2.75, 3.05) is 37.2 Å². The Morgan fingerprint density at radius 1 is 0.915 bits per heavy atom. The van der Waals surface area contributed by atoms with Gasteiger partial charge in [0.25, 0.3) is 5.91 Å². The van der Waals surface area contributed by atoms with Crippen LogP contribution in [0.4, 0.5) is 16.4 Å². The van der Waals surface area contributed by atoms with Crippen LogP contribution in [0.15, 0.2) is 79.4 Å². The van der Waals surface area contributed by atoms with Gasteiger partial charge in [0, 0.05) is 74.2 Å². The number of carbonyl (C=O) groups is 2. The van der Waals surface area contributed by atoms with E-state index in [0.29, 0.717) is 48.1 Å². The number of hydrogen-bond donors (Lipinski definition) is 2. The molecule has 2 saturated heterocycles. The van der Waals surface area contributed by atoms with Crippen molar-refractivity contribution < 1.29 is 14.3 Å². The topological polar surface area (TPSA) is 136 Å². The smallest absolute Gasteiger partial charge is 0.410 e. The molecule has 242 valence electrons. The van der Waals surface area contributed by atoms with Gasteiger partial charge < -0.3 is 25.3 Å². The fourth-order valence-electron chi connectivity index (χ4n) is 6.44. The predicted molar refractivity (Wildman–Crippen MR) is 180 cm³/mol. The second-order valence-corrected chi connectivity index (χ2v) is 13.2. The fraction of sp³-hybridized carbons (Fsp3) is 0.343. The van der Waals surface area contributed by atoms with Gasteiger partial charge >= 0.3 is 6.09 Å². The molecule has 2 fully saturated rings. The van der Waals surface area contributed by atoms with Gasteiger partial charge in [-0.2, -0.15) is 0 Å². The number of imidazole rings is 1. The highest BCUT2D eigenvalue weighted by atomic mass is 16.6. The van der Waals surface area contributed by atoms with Gasteiger partial charge in [-0.1, -0.05) is 18.2 Å².